The van der Waals surface area contributed by atoms with Gasteiger partial charge in [-0.2, -0.15) is 6.92 Å². The molecule has 13 heavy (non-hydrogen) atoms. The molecule has 0 amide bonds. The predicted molar refractivity (Wildman–Crippen MR) is 46.3 cm³/mol. The second-order valence-corrected chi connectivity index (χ2v) is 3.80. The molecular weight excluding hydrogens is 241 g/mol. The summed E-state index contributed by atoms with van der Waals surface area (Å²) in [5.74, 6) is 0.251. The summed E-state index contributed by atoms with van der Waals surface area (Å²) in [5, 5.41) is 0. The van der Waals surface area contributed by atoms with Crippen molar-refractivity contribution < 1.29 is 42.2 Å². The Balaban J connectivity index is 0.00000144. The van der Waals surface area contributed by atoms with Crippen LogP contribution in [-0.4, -0.2) is 13.1 Å². The Kier molecular flexibility index (Phi) is 4.81. The van der Waals surface area contributed by atoms with Gasteiger partial charge in [0, 0.05) is 0 Å². The van der Waals surface area contributed by atoms with Crippen LogP contribution in [0.2, 0.25) is 0 Å². The van der Waals surface area contributed by atoms with Crippen LogP contribution in [0.15, 0.2) is 6.08 Å². The summed E-state index contributed by atoms with van der Waals surface area (Å²) in [7, 11) is 1.44. The molecule has 3 heteroatoms. The largest absolute Gasteiger partial charge is 3.00 e. The monoisotopic (exact) mass is 256 g/mol. The zero-order valence-electron chi connectivity index (χ0n) is 8.63. The molecule has 1 aliphatic carbocycles. The maximum Gasteiger partial charge on any atom is 3.00 e. The van der Waals surface area contributed by atoms with Crippen molar-refractivity contribution in [2.24, 2.45) is 17.3 Å². The molecule has 0 aromatic carbocycles. The zero-order chi connectivity index (χ0) is 9.35. The van der Waals surface area contributed by atoms with Gasteiger partial charge in [-0.05, 0) is 11.3 Å². The van der Waals surface area contributed by atoms with Crippen LogP contribution >= 0.6 is 0 Å². The van der Waals surface area contributed by atoms with Crippen LogP contribution in [0.3, 0.4) is 0 Å². The number of methoxy groups -OCH3 is 1. The fourth-order valence-electron chi connectivity index (χ4n) is 1.75. The van der Waals surface area contributed by atoms with Crippen molar-refractivity contribution in [2.75, 3.05) is 7.11 Å². The number of hydrogen-bond donors (Lipinski definition) is 0. The normalized spacial score (nSPS) is 29.5. The van der Waals surface area contributed by atoms with Crippen molar-refractivity contribution in [3.63, 3.8) is 0 Å². The van der Waals surface area contributed by atoms with Crippen LogP contribution in [0.1, 0.15) is 20.8 Å². The van der Waals surface area contributed by atoms with E-state index in [0.717, 1.165) is 0 Å². The van der Waals surface area contributed by atoms with E-state index in [1.165, 1.54) is 7.11 Å². The minimum atomic E-state index is -0.100. The Morgan fingerprint density at radius 2 is 2.08 bits per heavy atom. The minimum absolute atomic E-state index is 0. The Morgan fingerprint density at radius 1 is 1.54 bits per heavy atom. The molecule has 68 valence electrons. The van der Waals surface area contributed by atoms with Gasteiger partial charge in [0.2, 0.25) is 0 Å². The van der Waals surface area contributed by atoms with E-state index < -0.39 is 0 Å². The molecule has 0 saturated heterocycles. The summed E-state index contributed by atoms with van der Waals surface area (Å²) in [6.07, 6.45) is 4.92. The molecule has 0 spiro atoms. The third kappa shape index (κ3) is 2.41. The van der Waals surface area contributed by atoms with Gasteiger partial charge in [0.1, 0.15) is 0 Å². The second-order valence-electron chi connectivity index (χ2n) is 3.80. The fourth-order valence-corrected chi connectivity index (χ4v) is 1.75. The van der Waals surface area contributed by atoms with Gasteiger partial charge in [-0.25, -0.2) is 0 Å². The van der Waals surface area contributed by atoms with Crippen molar-refractivity contribution in [3.05, 3.63) is 12.2 Å². The van der Waals surface area contributed by atoms with Gasteiger partial charge >= 0.3 is 38.7 Å². The zero-order valence-corrected chi connectivity index (χ0v) is 11.5. The van der Waals surface area contributed by atoms with E-state index in [1.54, 1.807) is 0 Å². The number of hydrogen-bond acceptors (Lipinski definition) is 2. The molecule has 0 radical (unpaired) electrons. The molecule has 1 fully saturated rings. The fraction of sp³-hybridized carbons (Fsp3) is 0.700. The molecule has 1 saturated carbocycles. The van der Waals surface area contributed by atoms with Gasteiger partial charge in [0.25, 0.3) is 0 Å². The van der Waals surface area contributed by atoms with Gasteiger partial charge < -0.3 is 10.8 Å². The molecule has 0 aliphatic heterocycles. The van der Waals surface area contributed by atoms with Crippen LogP contribution in [0, 0.1) is 23.3 Å². The molecule has 0 N–H and O–H groups in total. The van der Waals surface area contributed by atoms with Crippen LogP contribution in [-0.2, 0) is 42.2 Å². The number of carbonyl (C=O) groups excluding carboxylic acids is 1. The van der Waals surface area contributed by atoms with Crippen LogP contribution in [0.4, 0.5) is 0 Å². The van der Waals surface area contributed by atoms with Crippen LogP contribution in [0.5, 0.6) is 0 Å². The molecule has 2 nitrogen and oxygen atoms in total. The molecule has 0 heterocycles. The first kappa shape index (κ1) is 13.3. The predicted octanol–water partition coefficient (Wildman–Crippen LogP) is 1.81. The van der Waals surface area contributed by atoms with Crippen LogP contribution in [0.25, 0.3) is 0 Å². The first-order valence-corrected chi connectivity index (χ1v) is 4.14. The van der Waals surface area contributed by atoms with Crippen molar-refractivity contribution in [1.82, 2.24) is 0 Å². The molecule has 0 aromatic rings. The van der Waals surface area contributed by atoms with Gasteiger partial charge in [-0.1, -0.05) is 13.8 Å². The summed E-state index contributed by atoms with van der Waals surface area (Å²) in [4.78, 5) is 11.2. The van der Waals surface area contributed by atoms with Gasteiger partial charge in [-0.15, -0.1) is 0 Å². The van der Waals surface area contributed by atoms with E-state index in [-0.39, 0.29) is 50.0 Å². The maximum absolute atomic E-state index is 11.2. The summed E-state index contributed by atoms with van der Waals surface area (Å²) in [6.45, 7) is 6.00. The Morgan fingerprint density at radius 3 is 2.46 bits per heavy atom. The third-order valence-electron chi connectivity index (χ3n) is 2.71. The standard InChI is InChI=1S/C10H15O2.Y/c1-5-6-7-8(9(11)12-4)10(7,2)3;/h6-8H,1-4H3;/q-1;+3. The topological polar surface area (TPSA) is 26.3 Å². The molecule has 0 bridgehead atoms. The van der Waals surface area contributed by atoms with Crippen molar-refractivity contribution in [2.45, 2.75) is 20.8 Å². The summed E-state index contributed by atoms with van der Waals surface area (Å²) in [5.41, 5.74) is 0.0656. The third-order valence-corrected chi connectivity index (χ3v) is 2.71. The molecular formula is C10H15O2Y+2. The average Bonchev–Trinajstić information content (AvgIpc) is 2.53. The number of esters is 1. The van der Waals surface area contributed by atoms with Crippen molar-refractivity contribution in [1.29, 1.82) is 0 Å². The average molecular weight is 256 g/mol. The van der Waals surface area contributed by atoms with Crippen LogP contribution < -0.4 is 0 Å². The quantitative estimate of drug-likeness (QED) is 0.556. The van der Waals surface area contributed by atoms with Crippen molar-refractivity contribution >= 4 is 5.97 Å². The van der Waals surface area contributed by atoms with E-state index >= 15 is 0 Å². The SMILES string of the molecule is C[C-]=CC1C(C(=O)OC)C1(C)C.[Y+3]. The second kappa shape index (κ2) is 4.70. The first-order chi connectivity index (χ1) is 5.55. The summed E-state index contributed by atoms with van der Waals surface area (Å²) >= 11 is 0. The molecule has 0 aromatic heterocycles. The van der Waals surface area contributed by atoms with Gasteiger partial charge in [-0.3, -0.25) is 10.9 Å². The Bertz CT molecular complexity index is 221. The molecule has 1 rings (SSSR count). The first-order valence-electron chi connectivity index (χ1n) is 4.14. The summed E-state index contributed by atoms with van der Waals surface area (Å²) < 4.78 is 4.70. The van der Waals surface area contributed by atoms with Crippen molar-refractivity contribution in [3.8, 4) is 0 Å². The molecule has 1 aliphatic rings. The van der Waals surface area contributed by atoms with Gasteiger partial charge in [0.05, 0.1) is 13.0 Å². The Hall–Kier alpha value is 0.314. The number of ether oxygens (including phenoxy) is 1. The van der Waals surface area contributed by atoms with E-state index in [2.05, 4.69) is 19.9 Å². The van der Waals surface area contributed by atoms with E-state index in [0.29, 0.717) is 5.92 Å². The smallest absolute Gasteiger partial charge is 0.503 e. The number of allylic oxidation sites excluding steroid dienone is 2. The maximum atomic E-state index is 11.2. The number of rotatable bonds is 2. The van der Waals surface area contributed by atoms with Gasteiger partial charge in [0.15, 0.2) is 0 Å². The van der Waals surface area contributed by atoms with E-state index in [1.807, 2.05) is 13.0 Å². The molecule has 2 unspecified atom stereocenters. The van der Waals surface area contributed by atoms with E-state index in [4.69, 9.17) is 4.74 Å². The van der Waals surface area contributed by atoms with E-state index in [9.17, 15) is 4.79 Å². The Labute approximate surface area is 105 Å². The minimum Gasteiger partial charge on any atom is -0.503 e. The molecule has 2 atom stereocenters. The number of carbonyl (C=O) groups is 1. The summed E-state index contributed by atoms with van der Waals surface area (Å²) in [6, 6.07) is 0.